The van der Waals surface area contributed by atoms with Crippen LogP contribution in [0, 0.1) is 0 Å². The van der Waals surface area contributed by atoms with Gasteiger partial charge in [-0.1, -0.05) is 6.07 Å². The van der Waals surface area contributed by atoms with Gasteiger partial charge in [0.1, 0.15) is 11.5 Å². The summed E-state index contributed by atoms with van der Waals surface area (Å²) in [5.41, 5.74) is 0. The molecule has 0 aromatic heterocycles. The first kappa shape index (κ1) is 10.5. The smallest absolute Gasteiger partial charge is 0.375 e. The maximum Gasteiger partial charge on any atom is 0.375 e. The van der Waals surface area contributed by atoms with Crippen molar-refractivity contribution in [1.82, 2.24) is 0 Å². The molecule has 2 N–H and O–H groups in total. The highest BCUT2D eigenvalue weighted by atomic mass is 32.5. The predicted octanol–water partition coefficient (Wildman–Crippen LogP) is 1.28. The van der Waals surface area contributed by atoms with Gasteiger partial charge in [0, 0.05) is 17.9 Å². The van der Waals surface area contributed by atoms with Gasteiger partial charge < -0.3 is 19.0 Å². The molecule has 0 spiro atoms. The fraction of sp³-hybridized carbons (Fsp3) is 0.143. The lowest BCUT2D eigenvalue weighted by Gasteiger charge is -2.10. The van der Waals surface area contributed by atoms with Crippen molar-refractivity contribution < 1.29 is 19.0 Å². The summed E-state index contributed by atoms with van der Waals surface area (Å²) in [4.78, 5) is 17.7. The maximum atomic E-state index is 8.85. The van der Waals surface area contributed by atoms with E-state index in [1.54, 1.807) is 18.2 Å². The van der Waals surface area contributed by atoms with Crippen molar-refractivity contribution in [1.29, 1.82) is 0 Å². The molecule has 0 aliphatic rings. The van der Waals surface area contributed by atoms with Crippen LogP contribution in [0.4, 0.5) is 0 Å². The highest BCUT2D eigenvalue weighted by molar-refractivity contribution is 8.06. The van der Waals surface area contributed by atoms with Crippen molar-refractivity contribution in [3.63, 3.8) is 0 Å². The molecular weight excluding hydrogens is 211 g/mol. The van der Waals surface area contributed by atoms with Crippen LogP contribution in [0.2, 0.25) is 0 Å². The summed E-state index contributed by atoms with van der Waals surface area (Å²) in [6.07, 6.45) is 0. The number of hydrogen-bond donors (Lipinski definition) is 2. The van der Waals surface area contributed by atoms with Gasteiger partial charge in [-0.05, 0) is 12.1 Å². The average molecular weight is 220 g/mol. The minimum absolute atomic E-state index is 0.285. The monoisotopic (exact) mass is 220 g/mol. The summed E-state index contributed by atoms with van der Waals surface area (Å²) in [6.45, 7) is -3.64. The van der Waals surface area contributed by atoms with Gasteiger partial charge in [0.25, 0.3) is 0 Å². The third-order valence-corrected chi connectivity index (χ3v) is 1.94. The molecule has 1 aromatic carbocycles. The fourth-order valence-electron chi connectivity index (χ4n) is 0.795. The van der Waals surface area contributed by atoms with Gasteiger partial charge >= 0.3 is 6.72 Å². The van der Waals surface area contributed by atoms with Crippen LogP contribution in [-0.2, 0) is 11.8 Å². The lowest BCUT2D eigenvalue weighted by molar-refractivity contribution is 0.368. The molecule has 0 atom stereocenters. The zero-order valence-electron chi connectivity index (χ0n) is 6.88. The van der Waals surface area contributed by atoms with Crippen LogP contribution in [0.5, 0.6) is 11.5 Å². The van der Waals surface area contributed by atoms with Gasteiger partial charge in [-0.2, -0.15) is 0 Å². The Kier molecular flexibility index (Phi) is 3.27. The first-order valence-corrected chi connectivity index (χ1v) is 6.03. The van der Waals surface area contributed by atoms with Crippen LogP contribution >= 0.6 is 6.72 Å². The second-order valence-electron chi connectivity index (χ2n) is 2.26. The van der Waals surface area contributed by atoms with E-state index in [1.807, 2.05) is 0 Å². The number of methoxy groups -OCH3 is 1. The van der Waals surface area contributed by atoms with Crippen molar-refractivity contribution in [3.8, 4) is 11.5 Å². The fourth-order valence-corrected chi connectivity index (χ4v) is 1.44. The van der Waals surface area contributed by atoms with E-state index < -0.39 is 6.72 Å². The van der Waals surface area contributed by atoms with Crippen molar-refractivity contribution >= 4 is 18.5 Å². The molecule has 4 nitrogen and oxygen atoms in total. The minimum Gasteiger partial charge on any atom is -0.497 e. The lowest BCUT2D eigenvalue weighted by Crippen LogP contribution is -1.90. The second-order valence-corrected chi connectivity index (χ2v) is 4.85. The van der Waals surface area contributed by atoms with Crippen molar-refractivity contribution in [2.75, 3.05) is 7.11 Å². The topological polar surface area (TPSA) is 58.9 Å². The van der Waals surface area contributed by atoms with Crippen LogP contribution in [0.15, 0.2) is 24.3 Å². The van der Waals surface area contributed by atoms with Gasteiger partial charge in [0.15, 0.2) is 0 Å². The Bertz CT molecular complexity index is 335. The molecule has 6 heteroatoms. The van der Waals surface area contributed by atoms with Crippen LogP contribution < -0.4 is 9.26 Å². The quantitative estimate of drug-likeness (QED) is 0.751. The molecule has 13 heavy (non-hydrogen) atoms. The van der Waals surface area contributed by atoms with Gasteiger partial charge in [0.2, 0.25) is 0 Å². The standard InChI is InChI=1S/C7H9O4PS/c1-10-6-3-2-4-7(5-6)11-12(8,9)13/h2-5H,1H3,(H2,8,9,13). The van der Waals surface area contributed by atoms with Gasteiger partial charge in [-0.3, -0.25) is 0 Å². The molecule has 0 bridgehead atoms. The largest absolute Gasteiger partial charge is 0.497 e. The third-order valence-electron chi connectivity index (χ3n) is 1.27. The summed E-state index contributed by atoms with van der Waals surface area (Å²) in [5.74, 6) is 0.855. The SMILES string of the molecule is COc1cccc(OP(O)(O)=S)c1. The Morgan fingerprint density at radius 1 is 1.31 bits per heavy atom. The average Bonchev–Trinajstić information content (AvgIpc) is 2.01. The molecule has 0 saturated carbocycles. The van der Waals surface area contributed by atoms with E-state index in [-0.39, 0.29) is 5.75 Å². The molecule has 0 heterocycles. The number of rotatable bonds is 3. The molecule has 0 unspecified atom stereocenters. The Balaban J connectivity index is 2.84. The van der Waals surface area contributed by atoms with Crippen molar-refractivity contribution in [2.24, 2.45) is 0 Å². The summed E-state index contributed by atoms with van der Waals surface area (Å²) in [6, 6.07) is 6.47. The molecule has 72 valence electrons. The molecular formula is C7H9O4PS. The van der Waals surface area contributed by atoms with E-state index >= 15 is 0 Å². The van der Waals surface area contributed by atoms with E-state index in [2.05, 4.69) is 11.8 Å². The second kappa shape index (κ2) is 4.07. The van der Waals surface area contributed by atoms with Crippen LogP contribution in [0.3, 0.4) is 0 Å². The molecule has 0 radical (unpaired) electrons. The third kappa shape index (κ3) is 3.74. The van der Waals surface area contributed by atoms with Gasteiger partial charge in [-0.15, -0.1) is 0 Å². The number of hydrogen-bond acceptors (Lipinski definition) is 3. The molecule has 0 aliphatic heterocycles. The summed E-state index contributed by atoms with van der Waals surface area (Å²) >= 11 is 4.31. The maximum absolute atomic E-state index is 8.85. The van der Waals surface area contributed by atoms with Gasteiger partial charge in [0.05, 0.1) is 7.11 Å². The summed E-state index contributed by atoms with van der Waals surface area (Å²) in [7, 11) is 1.51. The highest BCUT2D eigenvalue weighted by Crippen LogP contribution is 2.38. The zero-order chi connectivity index (χ0) is 9.90. The van der Waals surface area contributed by atoms with E-state index in [4.69, 9.17) is 19.0 Å². The molecule has 0 aliphatic carbocycles. The van der Waals surface area contributed by atoms with E-state index in [1.165, 1.54) is 13.2 Å². The molecule has 1 aromatic rings. The van der Waals surface area contributed by atoms with Gasteiger partial charge in [-0.25, -0.2) is 0 Å². The van der Waals surface area contributed by atoms with Crippen LogP contribution in [0.25, 0.3) is 0 Å². The lowest BCUT2D eigenvalue weighted by atomic mass is 10.3. The summed E-state index contributed by atoms with van der Waals surface area (Å²) in [5, 5.41) is 0. The Morgan fingerprint density at radius 3 is 2.46 bits per heavy atom. The first-order chi connectivity index (χ1) is 6.01. The summed E-state index contributed by atoms with van der Waals surface area (Å²) < 4.78 is 9.61. The highest BCUT2D eigenvalue weighted by Gasteiger charge is 2.09. The Morgan fingerprint density at radius 2 is 1.92 bits per heavy atom. The van der Waals surface area contributed by atoms with Crippen LogP contribution in [0.1, 0.15) is 0 Å². The predicted molar refractivity (Wildman–Crippen MR) is 52.3 cm³/mol. The van der Waals surface area contributed by atoms with E-state index in [0.717, 1.165) is 0 Å². The zero-order valence-corrected chi connectivity index (χ0v) is 8.59. The van der Waals surface area contributed by atoms with E-state index in [9.17, 15) is 0 Å². The number of benzene rings is 1. The minimum atomic E-state index is -3.64. The Labute approximate surface area is 81.0 Å². The molecule has 0 saturated heterocycles. The van der Waals surface area contributed by atoms with Crippen LogP contribution in [-0.4, -0.2) is 16.9 Å². The normalized spacial score (nSPS) is 11.0. The Hall–Kier alpha value is -0.610. The first-order valence-electron chi connectivity index (χ1n) is 3.40. The molecule has 0 fully saturated rings. The number of ether oxygens (including phenoxy) is 1. The van der Waals surface area contributed by atoms with Crippen molar-refractivity contribution in [2.45, 2.75) is 0 Å². The molecule has 0 amide bonds. The molecule has 1 rings (SSSR count). The van der Waals surface area contributed by atoms with E-state index in [0.29, 0.717) is 5.75 Å². The van der Waals surface area contributed by atoms with Crippen molar-refractivity contribution in [3.05, 3.63) is 24.3 Å².